The lowest BCUT2D eigenvalue weighted by molar-refractivity contribution is -1.02. The van der Waals surface area contributed by atoms with Crippen LogP contribution in [0.4, 0.5) is 0 Å². The summed E-state index contributed by atoms with van der Waals surface area (Å²) >= 11 is 0. The van der Waals surface area contributed by atoms with E-state index in [-0.39, 0.29) is 11.8 Å². The maximum absolute atomic E-state index is 12.4. The lowest BCUT2D eigenvalue weighted by Gasteiger charge is -2.31. The Kier molecular flexibility index (Phi) is 7.41. The van der Waals surface area contributed by atoms with Gasteiger partial charge in [-0.3, -0.25) is 4.79 Å². The first kappa shape index (κ1) is 21.4. The van der Waals surface area contributed by atoms with E-state index in [0.29, 0.717) is 12.5 Å². The number of hydrogen-bond acceptors (Lipinski definition) is 2. The van der Waals surface area contributed by atoms with E-state index in [1.165, 1.54) is 16.0 Å². The van der Waals surface area contributed by atoms with E-state index in [4.69, 9.17) is 0 Å². The predicted molar refractivity (Wildman–Crippen MR) is 107 cm³/mol. The van der Waals surface area contributed by atoms with Crippen molar-refractivity contribution in [2.45, 2.75) is 52.6 Å². The van der Waals surface area contributed by atoms with Crippen LogP contribution in [0.3, 0.4) is 0 Å². The summed E-state index contributed by atoms with van der Waals surface area (Å²) in [6, 6.07) is 11.2. The van der Waals surface area contributed by atoms with Crippen LogP contribution in [0.25, 0.3) is 0 Å². The van der Waals surface area contributed by atoms with E-state index >= 15 is 0 Å². The molecule has 1 aromatic carbocycles. The van der Waals surface area contributed by atoms with Crippen LogP contribution in [0.1, 0.15) is 51.7 Å². The average molecular weight is 373 g/mol. The van der Waals surface area contributed by atoms with Crippen molar-refractivity contribution < 1.29 is 14.6 Å². The van der Waals surface area contributed by atoms with Crippen molar-refractivity contribution in [3.63, 3.8) is 0 Å². The number of benzene rings is 1. The van der Waals surface area contributed by atoms with Gasteiger partial charge in [-0.25, -0.2) is 0 Å². The van der Waals surface area contributed by atoms with E-state index in [2.05, 4.69) is 49.5 Å². The van der Waals surface area contributed by atoms with Crippen LogP contribution in [-0.2, 0) is 11.3 Å². The molecule has 0 aromatic heterocycles. The van der Waals surface area contributed by atoms with E-state index in [1.54, 1.807) is 11.8 Å². The largest absolute Gasteiger partial charge is 0.333 e. The van der Waals surface area contributed by atoms with E-state index in [1.807, 2.05) is 13.8 Å². The monoisotopic (exact) mass is 372 g/mol. The molecule has 1 fully saturated rings. The van der Waals surface area contributed by atoms with Crippen LogP contribution in [0, 0.1) is 17.2 Å². The number of nitrogens with one attached hydrogen (secondary N) is 3. The number of nitriles is 1. The minimum atomic E-state index is -0.786. The van der Waals surface area contributed by atoms with Gasteiger partial charge in [0.25, 0.3) is 5.91 Å². The van der Waals surface area contributed by atoms with Crippen molar-refractivity contribution in [2.24, 2.45) is 5.92 Å². The number of carbonyl (C=O) groups is 1. The lowest BCUT2D eigenvalue weighted by Crippen LogP contribution is -3.28. The SMILES string of the molecule is CC(C)c1ccc(C[NH+]2CC[NH+](CC(=O)N[C@@](C)(C#N)C(C)C)CC2)cc1. The standard InChI is InChI=1S/C22H34N4O/c1-17(2)20-8-6-19(7-9-20)14-25-10-12-26(13-11-25)15-21(27)24-22(5,16-23)18(3)4/h6-9,17-18H,10-15H2,1-5H3,(H,24,27)/p+2/t22-/m0/s1. The van der Waals surface area contributed by atoms with Crippen molar-refractivity contribution in [3.05, 3.63) is 35.4 Å². The molecule has 1 saturated heterocycles. The number of carbonyl (C=O) groups excluding carboxylic acids is 1. The molecule has 2 rings (SSSR count). The molecule has 0 spiro atoms. The highest BCUT2D eigenvalue weighted by Gasteiger charge is 2.32. The van der Waals surface area contributed by atoms with Gasteiger partial charge in [0.15, 0.2) is 6.54 Å². The topological polar surface area (TPSA) is 61.8 Å². The molecule has 148 valence electrons. The van der Waals surface area contributed by atoms with Gasteiger partial charge in [-0.15, -0.1) is 0 Å². The highest BCUT2D eigenvalue weighted by molar-refractivity contribution is 5.78. The molecule has 0 radical (unpaired) electrons. The van der Waals surface area contributed by atoms with Crippen LogP contribution in [0.5, 0.6) is 0 Å². The minimum absolute atomic E-state index is 0.0181. The zero-order valence-electron chi connectivity index (χ0n) is 17.6. The van der Waals surface area contributed by atoms with Gasteiger partial charge in [-0.05, 0) is 24.3 Å². The zero-order chi connectivity index (χ0) is 20.0. The van der Waals surface area contributed by atoms with Gasteiger partial charge >= 0.3 is 0 Å². The Morgan fingerprint density at radius 1 is 1.11 bits per heavy atom. The van der Waals surface area contributed by atoms with Gasteiger partial charge in [0, 0.05) is 5.56 Å². The van der Waals surface area contributed by atoms with Gasteiger partial charge < -0.3 is 15.1 Å². The molecule has 5 nitrogen and oxygen atoms in total. The summed E-state index contributed by atoms with van der Waals surface area (Å²) in [5.74, 6) is 0.642. The second-order valence-electron chi connectivity index (χ2n) is 8.77. The predicted octanol–water partition coefficient (Wildman–Crippen LogP) is 0.148. The van der Waals surface area contributed by atoms with Gasteiger partial charge in [0.05, 0.1) is 6.07 Å². The van der Waals surface area contributed by atoms with E-state index in [9.17, 15) is 10.1 Å². The molecule has 1 heterocycles. The first-order valence-corrected chi connectivity index (χ1v) is 10.2. The summed E-state index contributed by atoms with van der Waals surface area (Å²) in [7, 11) is 0. The number of piperazine rings is 1. The molecule has 5 heteroatoms. The molecule has 0 saturated carbocycles. The van der Waals surface area contributed by atoms with E-state index < -0.39 is 5.54 Å². The average Bonchev–Trinajstić information content (AvgIpc) is 2.63. The molecule has 3 N–H and O–H groups in total. The van der Waals surface area contributed by atoms with Gasteiger partial charge in [0.1, 0.15) is 38.3 Å². The highest BCUT2D eigenvalue weighted by Crippen LogP contribution is 2.15. The van der Waals surface area contributed by atoms with Crippen molar-refractivity contribution >= 4 is 5.91 Å². The van der Waals surface area contributed by atoms with Crippen LogP contribution in [0.2, 0.25) is 0 Å². The quantitative estimate of drug-likeness (QED) is 0.638. The van der Waals surface area contributed by atoms with Gasteiger partial charge in [-0.1, -0.05) is 52.0 Å². The summed E-state index contributed by atoms with van der Waals surface area (Å²) in [5, 5.41) is 12.3. The second-order valence-corrected chi connectivity index (χ2v) is 8.77. The maximum Gasteiger partial charge on any atom is 0.276 e. The van der Waals surface area contributed by atoms with Crippen molar-refractivity contribution in [2.75, 3.05) is 32.7 Å². The molecule has 1 atom stereocenters. The number of amides is 1. The van der Waals surface area contributed by atoms with Gasteiger partial charge in [-0.2, -0.15) is 5.26 Å². The fraction of sp³-hybridized carbons (Fsp3) is 0.636. The smallest absolute Gasteiger partial charge is 0.276 e. The van der Waals surface area contributed by atoms with Crippen LogP contribution in [0.15, 0.2) is 24.3 Å². The highest BCUT2D eigenvalue weighted by atomic mass is 16.2. The summed E-state index contributed by atoms with van der Waals surface area (Å²) in [4.78, 5) is 15.3. The van der Waals surface area contributed by atoms with Crippen molar-refractivity contribution in [3.8, 4) is 6.07 Å². The molecule has 0 bridgehead atoms. The molecule has 0 unspecified atom stereocenters. The fourth-order valence-corrected chi connectivity index (χ4v) is 3.48. The number of rotatable bonds is 7. The Balaban J connectivity index is 1.78. The summed E-state index contributed by atoms with van der Waals surface area (Å²) < 4.78 is 0. The van der Waals surface area contributed by atoms with Crippen LogP contribution >= 0.6 is 0 Å². The Labute approximate surface area is 164 Å². The Morgan fingerprint density at radius 3 is 2.15 bits per heavy atom. The van der Waals surface area contributed by atoms with Crippen molar-refractivity contribution in [1.82, 2.24) is 5.32 Å². The number of quaternary nitrogens is 2. The third-order valence-electron chi connectivity index (χ3n) is 5.96. The normalized spacial score (nSPS) is 22.3. The minimum Gasteiger partial charge on any atom is -0.333 e. The van der Waals surface area contributed by atoms with Gasteiger partial charge in [0.2, 0.25) is 0 Å². The number of nitrogens with zero attached hydrogens (tertiary/aromatic N) is 1. The molecule has 1 aliphatic heterocycles. The summed E-state index contributed by atoms with van der Waals surface area (Å²) in [5.41, 5.74) is 1.99. The molecule has 27 heavy (non-hydrogen) atoms. The summed E-state index contributed by atoms with van der Waals surface area (Å²) in [6.07, 6.45) is 0. The maximum atomic E-state index is 12.4. The lowest BCUT2D eigenvalue weighted by atomic mass is 9.90. The third kappa shape index (κ3) is 6.05. The van der Waals surface area contributed by atoms with E-state index in [0.717, 1.165) is 32.7 Å². The first-order valence-electron chi connectivity index (χ1n) is 10.2. The second kappa shape index (κ2) is 9.34. The summed E-state index contributed by atoms with van der Waals surface area (Å²) in [6.45, 7) is 15.8. The third-order valence-corrected chi connectivity index (χ3v) is 5.96. The Bertz CT molecular complexity index is 654. The van der Waals surface area contributed by atoms with Crippen molar-refractivity contribution in [1.29, 1.82) is 5.26 Å². The molecule has 1 amide bonds. The fourth-order valence-electron chi connectivity index (χ4n) is 3.48. The molecule has 1 aliphatic rings. The zero-order valence-corrected chi connectivity index (χ0v) is 17.6. The molecule has 0 aliphatic carbocycles. The Morgan fingerprint density at radius 2 is 1.67 bits per heavy atom. The Hall–Kier alpha value is -1.90. The molecular weight excluding hydrogens is 336 g/mol. The molecule has 1 aromatic rings. The van der Waals surface area contributed by atoms with Crippen LogP contribution < -0.4 is 15.1 Å². The first-order chi connectivity index (χ1) is 12.7. The molecular formula is C22H36N4O+2. The number of hydrogen-bond donors (Lipinski definition) is 3. The van der Waals surface area contributed by atoms with Crippen LogP contribution in [-0.4, -0.2) is 44.2 Å².